The van der Waals surface area contributed by atoms with E-state index in [0.717, 1.165) is 0 Å². The Labute approximate surface area is 156 Å². The van der Waals surface area contributed by atoms with E-state index in [2.05, 4.69) is 0 Å². The lowest BCUT2D eigenvalue weighted by Gasteiger charge is -2.58. The van der Waals surface area contributed by atoms with E-state index in [1.807, 2.05) is 0 Å². The lowest BCUT2D eigenvalue weighted by molar-refractivity contribution is -0.160. The first-order chi connectivity index (χ1) is 14.3. The van der Waals surface area contributed by atoms with Crippen LogP contribution in [0.3, 0.4) is 0 Å². The zero-order chi connectivity index (χ0) is 24.4. The number of rotatable bonds is 1. The normalized spacial score (nSPS) is 65.2. The fourth-order valence-corrected chi connectivity index (χ4v) is 5.86. The molecule has 4 aliphatic carbocycles. The maximum Gasteiger partial charge on any atom is 0.161 e. The summed E-state index contributed by atoms with van der Waals surface area (Å²) in [6, 6.07) is -0.867. The van der Waals surface area contributed by atoms with Crippen LogP contribution >= 0.6 is 0 Å². The number of Topliss-reactive ketones (excluding diaryl/α,β-unsaturated/α-hetero) is 1. The van der Waals surface area contributed by atoms with Crippen LogP contribution in [-0.2, 0) is 9.59 Å². The molecule has 0 radical (unpaired) electrons. The number of ketones is 2. The Kier molecular flexibility index (Phi) is 2.02. The van der Waals surface area contributed by atoms with Crippen LogP contribution in [0.2, 0.25) is 0 Å². The minimum Gasteiger partial charge on any atom is -0.382 e. The quantitative estimate of drug-likeness (QED) is 0.790. The van der Waals surface area contributed by atoms with Gasteiger partial charge in [-0.15, -0.1) is 0 Å². The van der Waals surface area contributed by atoms with Gasteiger partial charge in [0, 0.05) is 21.4 Å². The fourth-order valence-electron chi connectivity index (χ4n) is 5.86. The Morgan fingerprint density at radius 2 is 2.00 bits per heavy atom. The van der Waals surface area contributed by atoms with Crippen molar-refractivity contribution in [3.63, 3.8) is 0 Å². The van der Waals surface area contributed by atoms with E-state index in [9.17, 15) is 14.7 Å². The van der Waals surface area contributed by atoms with Crippen LogP contribution in [0.1, 0.15) is 82.9 Å². The van der Waals surface area contributed by atoms with Gasteiger partial charge in [-0.05, 0) is 81.0 Å². The zero-order valence-corrected chi connectivity index (χ0v) is 14.4. The van der Waals surface area contributed by atoms with Crippen molar-refractivity contribution >= 4 is 11.6 Å². The fraction of sp³-hybridized carbons (Fsp3) is 0.810. The molecule has 0 amide bonds. The van der Waals surface area contributed by atoms with Gasteiger partial charge in [0.25, 0.3) is 0 Å². The van der Waals surface area contributed by atoms with Gasteiger partial charge >= 0.3 is 0 Å². The van der Waals surface area contributed by atoms with Crippen molar-refractivity contribution in [2.45, 2.75) is 77.6 Å². The summed E-state index contributed by atoms with van der Waals surface area (Å²) in [6.07, 6.45) is -8.70. The van der Waals surface area contributed by atoms with Gasteiger partial charge in [-0.25, -0.2) is 0 Å². The Bertz CT molecular complexity index is 945. The summed E-state index contributed by atoms with van der Waals surface area (Å²) in [5.74, 6) is -3.69. The third-order valence-electron chi connectivity index (χ3n) is 7.42. The standard InChI is InChI=1S/C21H30O3/c1-13(22)21(24)11-8-18-16-5-4-14-12-15(23)6-9-19(14,2)17(16)7-10-20(18,21)3/h12,16-18,24H,4-11H2,1-3H3/t16-,17+,18+,19+,20+,21+/m1/s1/i4D2,5D,6D2,9D2,12D/t5?,16-,17+,18+,19+,20+,21+. The summed E-state index contributed by atoms with van der Waals surface area (Å²) in [7, 11) is 0. The maximum atomic E-state index is 12.6. The molecule has 24 heavy (non-hydrogen) atoms. The molecule has 0 saturated heterocycles. The predicted molar refractivity (Wildman–Crippen MR) is 92.3 cm³/mol. The molecular formula is C21H30O3. The molecule has 0 aromatic carbocycles. The van der Waals surface area contributed by atoms with Crippen molar-refractivity contribution in [3.05, 3.63) is 11.6 Å². The van der Waals surface area contributed by atoms with Crippen molar-refractivity contribution in [1.29, 1.82) is 0 Å². The van der Waals surface area contributed by atoms with E-state index in [-0.39, 0.29) is 18.6 Å². The first-order valence-electron chi connectivity index (χ1n) is 12.8. The van der Waals surface area contributed by atoms with Crippen LogP contribution in [0.4, 0.5) is 0 Å². The van der Waals surface area contributed by atoms with Crippen LogP contribution < -0.4 is 0 Å². The summed E-state index contributed by atoms with van der Waals surface area (Å²) in [5.41, 5.74) is -4.76. The molecule has 0 aromatic rings. The predicted octanol–water partition coefficient (Wildman–Crippen LogP) is 3.84. The molecule has 1 unspecified atom stereocenters. The molecule has 3 heteroatoms. The summed E-state index contributed by atoms with van der Waals surface area (Å²) in [4.78, 5) is 25.1. The molecule has 3 fully saturated rings. The smallest absolute Gasteiger partial charge is 0.161 e. The average molecular weight is 339 g/mol. The number of hydrogen-bond acceptors (Lipinski definition) is 3. The third kappa shape index (κ3) is 1.88. The SMILES string of the molecule is [2H]C1=C2C([2H])([2H])C([2H])[C@@H]3[C@H](CC[C@@]4(C)[C@H]3CC[C@]4(O)C(C)=O)[C@@]2(C)C([2H])([2H])C([2H])([2H])C1=O. The highest BCUT2D eigenvalue weighted by atomic mass is 16.3. The highest BCUT2D eigenvalue weighted by molar-refractivity contribution is 5.91. The van der Waals surface area contributed by atoms with Crippen LogP contribution in [0.25, 0.3) is 0 Å². The second-order valence-corrected chi connectivity index (χ2v) is 8.29. The van der Waals surface area contributed by atoms with Crippen molar-refractivity contribution < 1.29 is 25.7 Å². The highest BCUT2D eigenvalue weighted by Gasteiger charge is 2.65. The van der Waals surface area contributed by atoms with Gasteiger partial charge < -0.3 is 5.11 Å². The van der Waals surface area contributed by atoms with Gasteiger partial charge in [0.15, 0.2) is 11.6 Å². The largest absolute Gasteiger partial charge is 0.382 e. The average Bonchev–Trinajstić information content (AvgIpc) is 2.96. The molecule has 0 bridgehead atoms. The van der Waals surface area contributed by atoms with Crippen molar-refractivity contribution in [2.24, 2.45) is 28.6 Å². The molecule has 7 atom stereocenters. The number of fused-ring (bicyclic) bond motifs is 5. The van der Waals surface area contributed by atoms with E-state index in [4.69, 9.17) is 11.0 Å². The number of allylic oxidation sites excluding steroid dienone is 1. The summed E-state index contributed by atoms with van der Waals surface area (Å²) in [6.45, 7) is 4.51. The lowest BCUT2D eigenvalue weighted by atomic mass is 9.46. The zero-order valence-electron chi connectivity index (χ0n) is 22.4. The van der Waals surface area contributed by atoms with Crippen molar-refractivity contribution in [3.8, 4) is 0 Å². The molecule has 4 aliphatic rings. The molecule has 3 nitrogen and oxygen atoms in total. The molecule has 4 rings (SSSR count). The molecule has 132 valence electrons. The highest BCUT2D eigenvalue weighted by Crippen LogP contribution is 2.67. The van der Waals surface area contributed by atoms with Crippen LogP contribution in [0.15, 0.2) is 11.6 Å². The van der Waals surface area contributed by atoms with Crippen LogP contribution in [0, 0.1) is 28.6 Å². The summed E-state index contributed by atoms with van der Waals surface area (Å²) in [5, 5.41) is 11.3. The van der Waals surface area contributed by atoms with Gasteiger partial charge in [-0.2, -0.15) is 0 Å². The second kappa shape index (κ2) is 5.03. The Morgan fingerprint density at radius 1 is 1.29 bits per heavy atom. The van der Waals surface area contributed by atoms with E-state index in [0.29, 0.717) is 12.8 Å². The molecule has 0 heterocycles. The summed E-state index contributed by atoms with van der Waals surface area (Å²) < 4.78 is 68.7. The van der Waals surface area contributed by atoms with E-state index >= 15 is 0 Å². The minimum atomic E-state index is -3.02. The topological polar surface area (TPSA) is 54.4 Å². The van der Waals surface area contributed by atoms with Crippen LogP contribution in [-0.4, -0.2) is 22.3 Å². The van der Waals surface area contributed by atoms with Gasteiger partial charge in [-0.1, -0.05) is 19.4 Å². The van der Waals surface area contributed by atoms with Crippen molar-refractivity contribution in [1.82, 2.24) is 0 Å². The third-order valence-corrected chi connectivity index (χ3v) is 7.42. The van der Waals surface area contributed by atoms with Crippen LogP contribution in [0.5, 0.6) is 0 Å². The number of carbonyl (C=O) groups is 2. The number of carbonyl (C=O) groups excluding carboxylic acids is 2. The lowest BCUT2D eigenvalue weighted by Crippen LogP contribution is -2.57. The molecule has 0 aromatic heterocycles. The molecule has 1 N–H and O–H groups in total. The Balaban J connectivity index is 1.97. The second-order valence-electron chi connectivity index (χ2n) is 8.29. The van der Waals surface area contributed by atoms with Crippen molar-refractivity contribution in [2.75, 3.05) is 0 Å². The first kappa shape index (κ1) is 9.66. The monoisotopic (exact) mass is 338 g/mol. The summed E-state index contributed by atoms with van der Waals surface area (Å²) >= 11 is 0. The van der Waals surface area contributed by atoms with E-state index in [1.54, 1.807) is 6.92 Å². The Hall–Kier alpha value is -0.960. The van der Waals surface area contributed by atoms with Gasteiger partial charge in [-0.3, -0.25) is 9.59 Å². The minimum absolute atomic E-state index is 0.178. The molecule has 0 spiro atoms. The molecule has 0 aliphatic heterocycles. The number of hydrogen-bond donors (Lipinski definition) is 1. The first-order valence-corrected chi connectivity index (χ1v) is 8.77. The molecular weight excluding hydrogens is 300 g/mol. The maximum absolute atomic E-state index is 12.6. The number of aliphatic hydroxyl groups is 1. The van der Waals surface area contributed by atoms with Gasteiger partial charge in [0.2, 0.25) is 0 Å². The Morgan fingerprint density at radius 3 is 2.71 bits per heavy atom. The van der Waals surface area contributed by atoms with E-state index in [1.165, 1.54) is 13.8 Å². The van der Waals surface area contributed by atoms with E-state index < -0.39 is 77.1 Å². The van der Waals surface area contributed by atoms with Gasteiger partial charge in [0.05, 0.1) is 1.37 Å². The molecule has 3 saturated carbocycles. The van der Waals surface area contributed by atoms with Gasteiger partial charge in [0.1, 0.15) is 5.60 Å².